The highest BCUT2D eigenvalue weighted by atomic mass is 32.2. The summed E-state index contributed by atoms with van der Waals surface area (Å²) in [5.41, 5.74) is 1.01. The van der Waals surface area contributed by atoms with E-state index in [1.165, 1.54) is 28.4 Å². The number of benzene rings is 2. The molecule has 7 nitrogen and oxygen atoms in total. The summed E-state index contributed by atoms with van der Waals surface area (Å²) in [4.78, 5) is 16.3. The normalized spacial score (nSPS) is 16.0. The molecule has 1 N–H and O–H groups in total. The van der Waals surface area contributed by atoms with Crippen LogP contribution in [0.15, 0.2) is 77.0 Å². The number of nitrogens with zero attached hydrogens (tertiary/aromatic N) is 2. The van der Waals surface area contributed by atoms with E-state index in [9.17, 15) is 13.2 Å². The third-order valence-corrected chi connectivity index (χ3v) is 8.35. The van der Waals surface area contributed by atoms with Crippen molar-refractivity contribution in [1.82, 2.24) is 4.90 Å². The van der Waals surface area contributed by atoms with E-state index in [0.29, 0.717) is 24.5 Å². The summed E-state index contributed by atoms with van der Waals surface area (Å²) in [6.07, 6.45) is 2.18. The number of hydrogen-bond acceptors (Lipinski definition) is 6. The molecule has 0 radical (unpaired) electrons. The average Bonchev–Trinajstić information content (AvgIpc) is 3.54. The number of ether oxygens (including phenoxy) is 1. The number of para-hydroxylation sites is 1. The van der Waals surface area contributed by atoms with Crippen molar-refractivity contribution in [1.29, 1.82) is 0 Å². The zero-order chi connectivity index (χ0) is 24.0. The van der Waals surface area contributed by atoms with Crippen LogP contribution in [0.25, 0.3) is 0 Å². The van der Waals surface area contributed by atoms with Gasteiger partial charge in [-0.15, -0.1) is 11.3 Å². The molecule has 1 aliphatic heterocycles. The number of amides is 1. The van der Waals surface area contributed by atoms with Gasteiger partial charge in [-0.3, -0.25) is 14.0 Å². The molecule has 0 saturated carbocycles. The van der Waals surface area contributed by atoms with E-state index in [-0.39, 0.29) is 23.5 Å². The molecule has 2 aromatic carbocycles. The molecule has 2 heterocycles. The van der Waals surface area contributed by atoms with Crippen LogP contribution in [-0.4, -0.2) is 52.1 Å². The van der Waals surface area contributed by atoms with E-state index in [1.54, 1.807) is 47.7 Å². The largest absolute Gasteiger partial charge is 0.377 e. The van der Waals surface area contributed by atoms with Gasteiger partial charge in [-0.05, 0) is 54.6 Å². The molecule has 4 rings (SSSR count). The summed E-state index contributed by atoms with van der Waals surface area (Å²) in [6, 6.07) is 19.3. The number of nitrogens with one attached hydrogen (secondary N) is 1. The van der Waals surface area contributed by atoms with Gasteiger partial charge >= 0.3 is 0 Å². The molecule has 1 aromatic heterocycles. The van der Waals surface area contributed by atoms with E-state index >= 15 is 0 Å². The molecule has 1 saturated heterocycles. The molecule has 34 heavy (non-hydrogen) atoms. The topological polar surface area (TPSA) is 79.0 Å². The van der Waals surface area contributed by atoms with E-state index in [2.05, 4.69) is 16.3 Å². The quantitative estimate of drug-likeness (QED) is 0.453. The van der Waals surface area contributed by atoms with Crippen LogP contribution in [-0.2, 0) is 26.1 Å². The molecule has 1 amide bonds. The number of rotatable bonds is 10. The van der Waals surface area contributed by atoms with Gasteiger partial charge in [-0.25, -0.2) is 8.42 Å². The van der Waals surface area contributed by atoms with Crippen LogP contribution in [0.3, 0.4) is 0 Å². The van der Waals surface area contributed by atoms with E-state index in [0.717, 1.165) is 19.4 Å². The minimum atomic E-state index is -3.77. The lowest BCUT2D eigenvalue weighted by molar-refractivity contribution is -0.117. The first kappa shape index (κ1) is 24.4. The van der Waals surface area contributed by atoms with Crippen LogP contribution in [0.5, 0.6) is 0 Å². The van der Waals surface area contributed by atoms with Crippen LogP contribution < -0.4 is 9.62 Å². The fourth-order valence-electron chi connectivity index (χ4n) is 3.96. The average molecular weight is 500 g/mol. The monoisotopic (exact) mass is 499 g/mol. The number of carbonyl (C=O) groups is 1. The first-order chi connectivity index (χ1) is 16.4. The second-order valence-corrected chi connectivity index (χ2v) is 11.3. The lowest BCUT2D eigenvalue weighted by Gasteiger charge is -2.24. The number of sulfonamides is 1. The summed E-state index contributed by atoms with van der Waals surface area (Å²) in [5, 5.41) is 4.89. The highest BCUT2D eigenvalue weighted by Gasteiger charge is 2.23. The van der Waals surface area contributed by atoms with Crippen LogP contribution in [0.1, 0.15) is 17.7 Å². The van der Waals surface area contributed by atoms with Crippen molar-refractivity contribution in [3.63, 3.8) is 0 Å². The number of thiophene rings is 1. The Hall–Kier alpha value is -2.72. The standard InChI is InChI=1S/C25H29N3O4S2/c1-27(21-9-3-2-4-10-21)34(30,31)24-13-5-8-20(16-24)26-25(29)19-28(17-22-11-6-14-32-22)18-23-12-7-15-33-23/h2-5,7-10,12-13,15-16,22H,6,11,14,17-19H2,1H3,(H,26,29). The van der Waals surface area contributed by atoms with Crippen LogP contribution in [0, 0.1) is 0 Å². The molecule has 1 fully saturated rings. The summed E-state index contributed by atoms with van der Waals surface area (Å²) < 4.78 is 33.2. The van der Waals surface area contributed by atoms with Gasteiger partial charge < -0.3 is 10.1 Å². The zero-order valence-corrected chi connectivity index (χ0v) is 20.7. The Balaban J connectivity index is 1.44. The van der Waals surface area contributed by atoms with Crippen LogP contribution >= 0.6 is 11.3 Å². The summed E-state index contributed by atoms with van der Waals surface area (Å²) in [7, 11) is -2.25. The van der Waals surface area contributed by atoms with Crippen LogP contribution in [0.2, 0.25) is 0 Å². The highest BCUT2D eigenvalue weighted by molar-refractivity contribution is 7.92. The number of hydrogen-bond donors (Lipinski definition) is 1. The van der Waals surface area contributed by atoms with Gasteiger partial charge in [0.25, 0.3) is 10.0 Å². The Bertz CT molecular complexity index is 1180. The summed E-state index contributed by atoms with van der Waals surface area (Å²) in [6.45, 7) is 2.31. The van der Waals surface area contributed by atoms with Gasteiger partial charge in [0.1, 0.15) is 0 Å². The summed E-state index contributed by atoms with van der Waals surface area (Å²) >= 11 is 1.66. The second kappa shape index (κ2) is 11.1. The van der Waals surface area contributed by atoms with Crippen molar-refractivity contribution >= 4 is 38.6 Å². The molecule has 1 aliphatic rings. The van der Waals surface area contributed by atoms with Crippen molar-refractivity contribution < 1.29 is 17.9 Å². The maximum absolute atomic E-state index is 13.1. The van der Waals surface area contributed by atoms with E-state index in [4.69, 9.17) is 4.74 Å². The lowest BCUT2D eigenvalue weighted by atomic mass is 10.2. The minimum absolute atomic E-state index is 0.117. The van der Waals surface area contributed by atoms with Crippen molar-refractivity contribution in [2.24, 2.45) is 0 Å². The SMILES string of the molecule is CN(c1ccccc1)S(=O)(=O)c1cccc(NC(=O)CN(Cc2cccs2)CC2CCCO2)c1. The first-order valence-electron chi connectivity index (χ1n) is 11.2. The maximum atomic E-state index is 13.1. The second-order valence-electron chi connectivity index (χ2n) is 8.27. The predicted octanol–water partition coefficient (Wildman–Crippen LogP) is 4.19. The van der Waals surface area contributed by atoms with E-state index < -0.39 is 10.0 Å². The Kier molecular flexibility index (Phi) is 7.99. The third kappa shape index (κ3) is 6.24. The van der Waals surface area contributed by atoms with Gasteiger partial charge in [0.2, 0.25) is 5.91 Å². The fraction of sp³-hybridized carbons (Fsp3) is 0.320. The molecule has 180 valence electrons. The van der Waals surface area contributed by atoms with Crippen molar-refractivity contribution in [2.45, 2.75) is 30.4 Å². The molecule has 3 aromatic rings. The van der Waals surface area contributed by atoms with Crippen LogP contribution in [0.4, 0.5) is 11.4 Å². The van der Waals surface area contributed by atoms with E-state index in [1.807, 2.05) is 17.5 Å². The number of carbonyl (C=O) groups excluding carboxylic acids is 1. The Morgan fingerprint density at radius 3 is 2.65 bits per heavy atom. The van der Waals surface area contributed by atoms with Gasteiger partial charge in [-0.2, -0.15) is 0 Å². The maximum Gasteiger partial charge on any atom is 0.264 e. The Morgan fingerprint density at radius 1 is 1.12 bits per heavy atom. The molecule has 0 bridgehead atoms. The molecule has 9 heteroatoms. The van der Waals surface area contributed by atoms with Crippen molar-refractivity contribution in [3.05, 3.63) is 77.0 Å². The minimum Gasteiger partial charge on any atom is -0.377 e. The smallest absolute Gasteiger partial charge is 0.264 e. The van der Waals surface area contributed by atoms with Gasteiger partial charge in [-0.1, -0.05) is 30.3 Å². The highest BCUT2D eigenvalue weighted by Crippen LogP contribution is 2.24. The lowest BCUT2D eigenvalue weighted by Crippen LogP contribution is -2.37. The molecular weight excluding hydrogens is 470 g/mol. The first-order valence-corrected chi connectivity index (χ1v) is 13.5. The van der Waals surface area contributed by atoms with Gasteiger partial charge in [0, 0.05) is 37.3 Å². The Morgan fingerprint density at radius 2 is 1.94 bits per heavy atom. The molecule has 0 aliphatic carbocycles. The van der Waals surface area contributed by atoms with Gasteiger partial charge in [0.05, 0.1) is 23.2 Å². The molecular formula is C25H29N3O4S2. The summed E-state index contributed by atoms with van der Waals surface area (Å²) in [5.74, 6) is -0.194. The van der Waals surface area contributed by atoms with Gasteiger partial charge in [0.15, 0.2) is 0 Å². The molecule has 0 spiro atoms. The molecule has 1 unspecified atom stereocenters. The van der Waals surface area contributed by atoms with Crippen molar-refractivity contribution in [3.8, 4) is 0 Å². The molecule has 1 atom stereocenters. The zero-order valence-electron chi connectivity index (χ0n) is 19.1. The number of anilines is 2. The predicted molar refractivity (Wildman–Crippen MR) is 136 cm³/mol. The van der Waals surface area contributed by atoms with Crippen molar-refractivity contribution in [2.75, 3.05) is 36.4 Å². The third-order valence-electron chi connectivity index (χ3n) is 5.71. The Labute approximate surface area is 205 Å². The fourth-order valence-corrected chi connectivity index (χ4v) is 5.95.